The van der Waals surface area contributed by atoms with Crippen LogP contribution in [0.15, 0.2) is 59.1 Å². The van der Waals surface area contributed by atoms with Gasteiger partial charge in [0.2, 0.25) is 5.91 Å². The van der Waals surface area contributed by atoms with Crippen LogP contribution < -0.4 is 10.6 Å². The third-order valence-electron chi connectivity index (χ3n) is 3.94. The molecule has 1 aliphatic rings. The van der Waals surface area contributed by atoms with E-state index in [4.69, 9.17) is 28.9 Å². The fourth-order valence-electron chi connectivity index (χ4n) is 2.69. The van der Waals surface area contributed by atoms with Crippen molar-refractivity contribution in [2.75, 3.05) is 4.90 Å². The molecule has 0 aliphatic carbocycles. The van der Waals surface area contributed by atoms with Gasteiger partial charge in [-0.05, 0) is 36.2 Å². The maximum Gasteiger partial charge on any atom is 0.262 e. The Hall–Kier alpha value is -2.46. The van der Waals surface area contributed by atoms with Gasteiger partial charge in [-0.15, -0.1) is 0 Å². The van der Waals surface area contributed by atoms with Gasteiger partial charge in [-0.1, -0.05) is 59.2 Å². The molecule has 2 aromatic rings. The van der Waals surface area contributed by atoms with Crippen molar-refractivity contribution in [3.63, 3.8) is 0 Å². The minimum absolute atomic E-state index is 0.235. The number of halogens is 2. The Morgan fingerprint density at radius 3 is 2.48 bits per heavy atom. The number of nitrogens with zero attached hydrogens (tertiary/aromatic N) is 2. The Kier molecular flexibility index (Phi) is 5.76. The Balaban J connectivity index is 2.01. The second kappa shape index (κ2) is 8.05. The van der Waals surface area contributed by atoms with Crippen LogP contribution in [0.2, 0.25) is 10.0 Å². The lowest BCUT2D eigenvalue weighted by Crippen LogP contribution is -2.31. The molecule has 1 atom stereocenters. The third kappa shape index (κ3) is 3.96. The highest BCUT2D eigenvalue weighted by Crippen LogP contribution is 2.42. The number of benzene rings is 2. The number of rotatable bonds is 4. The van der Waals surface area contributed by atoms with Gasteiger partial charge in [0.15, 0.2) is 0 Å². The summed E-state index contributed by atoms with van der Waals surface area (Å²) in [6.07, 6.45) is 0.366. The van der Waals surface area contributed by atoms with Crippen LogP contribution in [0.25, 0.3) is 0 Å². The average molecular weight is 418 g/mol. The van der Waals surface area contributed by atoms with E-state index in [1.54, 1.807) is 42.5 Å². The van der Waals surface area contributed by atoms with Crippen LogP contribution in [0.5, 0.6) is 0 Å². The van der Waals surface area contributed by atoms with Crippen molar-refractivity contribution in [1.29, 1.82) is 5.26 Å². The zero-order valence-corrected chi connectivity index (χ0v) is 16.2. The number of hydrogen-bond donors (Lipinski definition) is 1. The second-order valence-corrected chi connectivity index (χ2v) is 7.73. The average Bonchev–Trinajstić information content (AvgIpc) is 2.95. The molecule has 0 radical (unpaired) electrons. The molecular weight excluding hydrogens is 405 g/mol. The lowest BCUT2D eigenvalue weighted by Gasteiger charge is -2.18. The Labute approximate surface area is 170 Å². The minimum Gasteiger partial charge on any atom is -0.365 e. The highest BCUT2D eigenvalue weighted by Gasteiger charge is 2.40. The molecule has 0 aromatic heterocycles. The van der Waals surface area contributed by atoms with E-state index in [0.717, 1.165) is 17.3 Å². The summed E-state index contributed by atoms with van der Waals surface area (Å²) in [5.41, 5.74) is 6.49. The summed E-state index contributed by atoms with van der Waals surface area (Å²) < 4.78 is 0. The molecule has 27 heavy (non-hydrogen) atoms. The van der Waals surface area contributed by atoms with Gasteiger partial charge in [0.05, 0.1) is 15.3 Å². The first-order chi connectivity index (χ1) is 12.9. The molecule has 8 heteroatoms. The monoisotopic (exact) mass is 417 g/mol. The lowest BCUT2D eigenvalue weighted by molar-refractivity contribution is -0.117. The summed E-state index contributed by atoms with van der Waals surface area (Å²) in [7, 11) is 0. The molecule has 1 fully saturated rings. The van der Waals surface area contributed by atoms with E-state index in [9.17, 15) is 14.9 Å². The van der Waals surface area contributed by atoms with E-state index in [1.165, 1.54) is 4.90 Å². The molecule has 1 heterocycles. The van der Waals surface area contributed by atoms with E-state index < -0.39 is 11.2 Å². The van der Waals surface area contributed by atoms with Crippen LogP contribution in [0, 0.1) is 11.3 Å². The van der Waals surface area contributed by atoms with Gasteiger partial charge in [0.1, 0.15) is 16.7 Å². The van der Waals surface area contributed by atoms with Gasteiger partial charge in [-0.25, -0.2) is 0 Å². The number of hydrogen-bond acceptors (Lipinski definition) is 4. The second-order valence-electron chi connectivity index (χ2n) is 5.72. The number of carbonyl (C=O) groups is 2. The first-order valence-corrected chi connectivity index (χ1v) is 9.49. The van der Waals surface area contributed by atoms with Crippen molar-refractivity contribution in [3.8, 4) is 6.07 Å². The predicted molar refractivity (Wildman–Crippen MR) is 107 cm³/mol. The number of para-hydroxylation sites is 1. The maximum absolute atomic E-state index is 13.1. The quantitative estimate of drug-likeness (QED) is 0.603. The topological polar surface area (TPSA) is 87.2 Å². The van der Waals surface area contributed by atoms with Crippen molar-refractivity contribution in [1.82, 2.24) is 0 Å². The number of nitrogens with two attached hydrogens (primary N) is 1. The van der Waals surface area contributed by atoms with Crippen LogP contribution in [0.3, 0.4) is 0 Å². The molecule has 3 rings (SSSR count). The molecule has 2 amide bonds. The standard InChI is InChI=1S/C19H13Cl2N3O2S/c20-14-7-6-11(8-15(14)21)9-16-18(26)24(12-4-2-1-3-5-12)19(27-16)13(10-22)17(23)25/h1-8,16H,9H2,(H2,23,25)/b19-13-/t16-/m0/s1. The number of thioether (sulfide) groups is 1. The maximum atomic E-state index is 13.1. The van der Waals surface area contributed by atoms with Crippen molar-refractivity contribution >= 4 is 52.5 Å². The van der Waals surface area contributed by atoms with Crippen LogP contribution in [0.1, 0.15) is 5.56 Å². The van der Waals surface area contributed by atoms with Gasteiger partial charge >= 0.3 is 0 Å². The van der Waals surface area contributed by atoms with Crippen LogP contribution in [0.4, 0.5) is 5.69 Å². The number of anilines is 1. The van der Waals surface area contributed by atoms with Gasteiger partial charge in [0, 0.05) is 5.69 Å². The zero-order valence-electron chi connectivity index (χ0n) is 13.9. The van der Waals surface area contributed by atoms with Crippen molar-refractivity contribution in [3.05, 3.63) is 74.7 Å². The van der Waals surface area contributed by atoms with Crippen LogP contribution in [-0.2, 0) is 16.0 Å². The van der Waals surface area contributed by atoms with Crippen molar-refractivity contribution in [2.24, 2.45) is 5.73 Å². The first kappa shape index (κ1) is 19.3. The molecule has 136 valence electrons. The fourth-order valence-corrected chi connectivity index (χ4v) is 4.33. The van der Waals surface area contributed by atoms with Gasteiger partial charge in [-0.2, -0.15) is 5.26 Å². The third-order valence-corrected chi connectivity index (χ3v) is 5.95. The van der Waals surface area contributed by atoms with Gasteiger partial charge < -0.3 is 5.73 Å². The van der Waals surface area contributed by atoms with Gasteiger partial charge in [0.25, 0.3) is 5.91 Å². The molecule has 2 aromatic carbocycles. The molecule has 2 N–H and O–H groups in total. The zero-order chi connectivity index (χ0) is 19.6. The molecule has 0 saturated carbocycles. The summed E-state index contributed by atoms with van der Waals surface area (Å²) in [6, 6.07) is 15.8. The highest BCUT2D eigenvalue weighted by molar-refractivity contribution is 8.05. The number of amides is 2. The molecule has 0 spiro atoms. The SMILES string of the molecule is N#C/C(C(N)=O)=C1/S[C@@H](Cc2ccc(Cl)c(Cl)c2)C(=O)N1c1ccccc1. The predicted octanol–water partition coefficient (Wildman–Crippen LogP) is 3.90. The summed E-state index contributed by atoms with van der Waals surface area (Å²) in [6.45, 7) is 0. The molecular formula is C19H13Cl2N3O2S. The Morgan fingerprint density at radius 1 is 1.19 bits per heavy atom. The molecule has 0 unspecified atom stereocenters. The fraction of sp³-hybridized carbons (Fsp3) is 0.105. The van der Waals surface area contributed by atoms with E-state index >= 15 is 0 Å². The van der Waals surface area contributed by atoms with E-state index in [2.05, 4.69) is 0 Å². The van der Waals surface area contributed by atoms with Crippen molar-refractivity contribution in [2.45, 2.75) is 11.7 Å². The molecule has 0 bridgehead atoms. The largest absolute Gasteiger partial charge is 0.365 e. The molecule has 1 aliphatic heterocycles. The smallest absolute Gasteiger partial charge is 0.262 e. The van der Waals surface area contributed by atoms with Crippen molar-refractivity contribution < 1.29 is 9.59 Å². The Morgan fingerprint density at radius 2 is 1.89 bits per heavy atom. The molecule has 1 saturated heterocycles. The Bertz CT molecular complexity index is 986. The lowest BCUT2D eigenvalue weighted by atomic mass is 10.1. The first-order valence-electron chi connectivity index (χ1n) is 7.86. The number of primary amides is 1. The summed E-state index contributed by atoms with van der Waals surface area (Å²) in [5, 5.41) is 9.90. The minimum atomic E-state index is -0.871. The van der Waals surface area contributed by atoms with Crippen LogP contribution >= 0.6 is 35.0 Å². The van der Waals surface area contributed by atoms with E-state index in [-0.39, 0.29) is 16.5 Å². The summed E-state index contributed by atoms with van der Waals surface area (Å²) in [5.74, 6) is -1.11. The van der Waals surface area contributed by atoms with Gasteiger partial charge in [-0.3, -0.25) is 14.5 Å². The summed E-state index contributed by atoms with van der Waals surface area (Å²) in [4.78, 5) is 26.1. The highest BCUT2D eigenvalue weighted by atomic mass is 35.5. The van der Waals surface area contributed by atoms with E-state index in [1.807, 2.05) is 12.1 Å². The summed E-state index contributed by atoms with van der Waals surface area (Å²) >= 11 is 13.1. The molecule has 5 nitrogen and oxygen atoms in total. The van der Waals surface area contributed by atoms with Crippen LogP contribution in [-0.4, -0.2) is 17.1 Å². The number of carbonyl (C=O) groups excluding carboxylic acids is 2. The normalized spacial score (nSPS) is 18.3. The van der Waals surface area contributed by atoms with E-state index in [0.29, 0.717) is 22.2 Å². The number of nitriles is 1.